The number of aromatic carboxylic acids is 1. The van der Waals surface area contributed by atoms with Gasteiger partial charge in [0.1, 0.15) is 18.2 Å². The van der Waals surface area contributed by atoms with Crippen molar-refractivity contribution < 1.29 is 58.1 Å². The van der Waals surface area contributed by atoms with Gasteiger partial charge >= 0.3 is 29.6 Å². The van der Waals surface area contributed by atoms with Crippen molar-refractivity contribution in [3.63, 3.8) is 0 Å². The van der Waals surface area contributed by atoms with E-state index in [2.05, 4.69) is 15.9 Å². The Bertz CT molecular complexity index is 1230. The summed E-state index contributed by atoms with van der Waals surface area (Å²) in [5, 5.41) is 11.7. The van der Waals surface area contributed by atoms with Gasteiger partial charge in [-0.3, -0.25) is 4.79 Å². The zero-order chi connectivity index (χ0) is 22.8. The topological polar surface area (TPSA) is 78.9 Å². The normalized spacial score (nSPS) is 12.5. The van der Waals surface area contributed by atoms with Crippen LogP contribution in [0, 0.1) is 5.82 Å². The van der Waals surface area contributed by atoms with E-state index in [-0.39, 0.29) is 71.6 Å². The molecule has 6 nitrogen and oxygen atoms in total. The second kappa shape index (κ2) is 10.9. The minimum Gasteiger partial charge on any atom is -0.545 e. The number of para-hydroxylation sites is 1. The van der Waals surface area contributed by atoms with Crippen LogP contribution in [0.15, 0.2) is 59.1 Å². The summed E-state index contributed by atoms with van der Waals surface area (Å²) in [4.78, 5) is 25.5. The number of amides is 1. The summed E-state index contributed by atoms with van der Waals surface area (Å²) in [6.45, 7) is -0.263. The van der Waals surface area contributed by atoms with Crippen LogP contribution in [-0.2, 0) is 17.9 Å². The molecule has 0 spiro atoms. The second-order valence-corrected chi connectivity index (χ2v) is 8.34. The fourth-order valence-electron chi connectivity index (χ4n) is 3.35. The second-order valence-electron chi connectivity index (χ2n) is 6.99. The number of ether oxygens (including phenoxy) is 2. The van der Waals surface area contributed by atoms with Gasteiger partial charge in [-0.15, -0.1) is 0 Å². The van der Waals surface area contributed by atoms with Gasteiger partial charge in [0.2, 0.25) is 0 Å². The van der Waals surface area contributed by atoms with Crippen LogP contribution in [-0.4, -0.2) is 18.5 Å². The van der Waals surface area contributed by atoms with Crippen LogP contribution in [0.3, 0.4) is 0 Å². The monoisotopic (exact) mass is 541 g/mol. The van der Waals surface area contributed by atoms with Crippen LogP contribution < -0.4 is 49.0 Å². The minimum atomic E-state index is -1.40. The summed E-state index contributed by atoms with van der Waals surface area (Å²) in [7, 11) is 0. The Kier molecular flexibility index (Phi) is 8.42. The number of carboxylic acids is 1. The first-order chi connectivity index (χ1) is 15.3. The number of rotatable bonds is 6. The Hall–Kier alpha value is -2.10. The van der Waals surface area contributed by atoms with E-state index in [1.807, 2.05) is 0 Å². The van der Waals surface area contributed by atoms with Crippen molar-refractivity contribution in [1.82, 2.24) is 0 Å². The number of carboxylic acid groups (broad SMARTS) is 1. The molecule has 0 N–H and O–H groups in total. The molecule has 1 aliphatic heterocycles. The van der Waals surface area contributed by atoms with Crippen LogP contribution in [0.5, 0.6) is 11.5 Å². The van der Waals surface area contributed by atoms with E-state index < -0.39 is 11.8 Å². The molecule has 164 valence electrons. The van der Waals surface area contributed by atoms with Gasteiger partial charge in [0.25, 0.3) is 5.91 Å². The molecule has 10 heteroatoms. The van der Waals surface area contributed by atoms with E-state index >= 15 is 0 Å². The molecule has 33 heavy (non-hydrogen) atoms. The molecule has 3 aromatic rings. The van der Waals surface area contributed by atoms with Crippen LogP contribution in [0.4, 0.5) is 10.1 Å². The Labute approximate surface area is 224 Å². The predicted octanol–water partition coefficient (Wildman–Crippen LogP) is 1.11. The molecule has 0 bridgehead atoms. The third-order valence-electron chi connectivity index (χ3n) is 4.90. The van der Waals surface area contributed by atoms with Crippen LogP contribution in [0.25, 0.3) is 0 Å². The Balaban J connectivity index is 0.00000306. The van der Waals surface area contributed by atoms with Gasteiger partial charge in [0.05, 0.1) is 18.2 Å². The summed E-state index contributed by atoms with van der Waals surface area (Å²) in [5.74, 6) is -1.70. The number of carbonyl (C=O) groups is 2. The molecular weight excluding hydrogens is 528 g/mol. The van der Waals surface area contributed by atoms with E-state index in [9.17, 15) is 19.1 Å². The maximum absolute atomic E-state index is 14.1. The number of halogens is 3. The van der Waals surface area contributed by atoms with E-state index in [0.717, 1.165) is 4.47 Å². The first kappa shape index (κ1) is 25.5. The predicted molar refractivity (Wildman–Crippen MR) is 117 cm³/mol. The molecule has 1 aliphatic rings. The smallest absolute Gasteiger partial charge is 0.545 e. The Morgan fingerprint density at radius 2 is 1.97 bits per heavy atom. The summed E-state index contributed by atoms with van der Waals surface area (Å²) >= 11 is 9.21. The average Bonchev–Trinajstić information content (AvgIpc) is 2.75. The molecule has 0 atom stereocenters. The van der Waals surface area contributed by atoms with E-state index in [1.165, 1.54) is 23.1 Å². The molecule has 0 aromatic heterocycles. The van der Waals surface area contributed by atoms with Crippen molar-refractivity contribution in [2.24, 2.45) is 0 Å². The Morgan fingerprint density at radius 3 is 2.70 bits per heavy atom. The fraction of sp³-hybridized carbons (Fsp3) is 0.130. The van der Waals surface area contributed by atoms with Crippen LogP contribution in [0.2, 0.25) is 5.02 Å². The first-order valence-electron chi connectivity index (χ1n) is 9.46. The average molecular weight is 543 g/mol. The van der Waals surface area contributed by atoms with Crippen molar-refractivity contribution in [3.05, 3.63) is 86.6 Å². The molecular formula is C23H15BrClFNNaO5. The van der Waals surface area contributed by atoms with E-state index in [0.29, 0.717) is 22.6 Å². The number of anilines is 1. The number of hydrogen-bond donors (Lipinski definition) is 0. The first-order valence-corrected chi connectivity index (χ1v) is 10.6. The van der Waals surface area contributed by atoms with Crippen molar-refractivity contribution in [3.8, 4) is 11.5 Å². The van der Waals surface area contributed by atoms with Crippen LogP contribution >= 0.6 is 27.5 Å². The summed E-state index contributed by atoms with van der Waals surface area (Å²) in [6.07, 6.45) is 0. The standard InChI is InChI=1S/C23H16BrClFNO5.Na/c24-15-5-7-20(31-11-13-4-6-16(25)9-18(13)26)14(8-15)10-27-19-3-1-2-17(23(29)30)22(19)32-12-21(27)28;/h1-9H,10-12H2,(H,29,30);/q;+1/p-1. The van der Waals surface area contributed by atoms with Gasteiger partial charge in [-0.1, -0.05) is 39.7 Å². The van der Waals surface area contributed by atoms with Gasteiger partial charge in [-0.2, -0.15) is 0 Å². The fourth-order valence-corrected chi connectivity index (χ4v) is 3.91. The van der Waals surface area contributed by atoms with Gasteiger partial charge in [-0.25, -0.2) is 4.39 Å². The van der Waals surface area contributed by atoms with E-state index in [4.69, 9.17) is 21.1 Å². The zero-order valence-electron chi connectivity index (χ0n) is 17.4. The summed E-state index contributed by atoms with van der Waals surface area (Å²) in [6, 6.07) is 14.0. The third kappa shape index (κ3) is 5.70. The van der Waals surface area contributed by atoms with Gasteiger partial charge in [-0.05, 0) is 42.5 Å². The maximum Gasteiger partial charge on any atom is 1.00 e. The third-order valence-corrected chi connectivity index (χ3v) is 5.62. The molecule has 4 rings (SSSR count). The largest absolute Gasteiger partial charge is 1.00 e. The van der Waals surface area contributed by atoms with Gasteiger partial charge in [0, 0.05) is 26.2 Å². The van der Waals surface area contributed by atoms with Gasteiger partial charge < -0.3 is 24.3 Å². The number of hydrogen-bond acceptors (Lipinski definition) is 5. The number of carbonyl (C=O) groups excluding carboxylic acids is 2. The molecule has 0 saturated heterocycles. The number of benzene rings is 3. The number of nitrogens with zero attached hydrogens (tertiary/aromatic N) is 1. The maximum atomic E-state index is 14.1. The van der Waals surface area contributed by atoms with Crippen molar-refractivity contribution in [1.29, 1.82) is 0 Å². The molecule has 0 radical (unpaired) electrons. The van der Waals surface area contributed by atoms with Crippen LogP contribution in [0.1, 0.15) is 21.5 Å². The number of fused-ring (bicyclic) bond motifs is 1. The van der Waals surface area contributed by atoms with Gasteiger partial charge in [0.15, 0.2) is 12.4 Å². The molecule has 3 aromatic carbocycles. The van der Waals surface area contributed by atoms with Crippen molar-refractivity contribution in [2.45, 2.75) is 13.2 Å². The van der Waals surface area contributed by atoms with Crippen molar-refractivity contribution >= 4 is 45.1 Å². The molecule has 0 unspecified atom stereocenters. The molecule has 1 amide bonds. The minimum absolute atomic E-state index is 0. The molecule has 0 aliphatic carbocycles. The van der Waals surface area contributed by atoms with E-state index in [1.54, 1.807) is 36.4 Å². The van der Waals surface area contributed by atoms with Crippen molar-refractivity contribution in [2.75, 3.05) is 11.5 Å². The molecule has 1 heterocycles. The zero-order valence-corrected chi connectivity index (χ0v) is 21.8. The Morgan fingerprint density at radius 1 is 1.18 bits per heavy atom. The summed E-state index contributed by atoms with van der Waals surface area (Å²) in [5.41, 5.74) is 1.14. The quantitative estimate of drug-likeness (QED) is 0.436. The molecule has 0 fully saturated rings. The summed E-state index contributed by atoms with van der Waals surface area (Å²) < 4.78 is 26.1. The SMILES string of the molecule is O=C([O-])c1cccc2c1OCC(=O)N2Cc1cc(Br)ccc1OCc1ccc(Cl)cc1F.[Na+]. The molecule has 0 saturated carbocycles.